The van der Waals surface area contributed by atoms with E-state index in [1.807, 2.05) is 0 Å². The summed E-state index contributed by atoms with van der Waals surface area (Å²) in [6, 6.07) is 0. The van der Waals surface area contributed by atoms with Crippen LogP contribution in [0.4, 0.5) is 0 Å². The van der Waals surface area contributed by atoms with E-state index in [-0.39, 0.29) is 0 Å². The third-order valence-corrected chi connectivity index (χ3v) is 1.85. The van der Waals surface area contributed by atoms with Crippen LogP contribution in [0.5, 0.6) is 0 Å². The van der Waals surface area contributed by atoms with Crippen molar-refractivity contribution in [3.05, 3.63) is 34.4 Å². The van der Waals surface area contributed by atoms with Crippen LogP contribution < -0.4 is 0 Å². The molecule has 0 fully saturated rings. The van der Waals surface area contributed by atoms with E-state index in [9.17, 15) is 0 Å². The van der Waals surface area contributed by atoms with Crippen LogP contribution in [-0.2, 0) is 0 Å². The Kier molecular flexibility index (Phi) is 2.29. The summed E-state index contributed by atoms with van der Waals surface area (Å²) in [5, 5.41) is 0. The second-order valence-electron chi connectivity index (χ2n) is 2.11. The van der Waals surface area contributed by atoms with Gasteiger partial charge in [0, 0.05) is 4.48 Å². The summed E-state index contributed by atoms with van der Waals surface area (Å²) in [7, 11) is 0. The number of allylic oxidation sites excluding steroid dienone is 6. The van der Waals surface area contributed by atoms with E-state index < -0.39 is 0 Å². The molecule has 0 heterocycles. The number of rotatable bonds is 0. The Balaban J connectivity index is 2.75. The molecule has 0 saturated carbocycles. The van der Waals surface area contributed by atoms with Crippen molar-refractivity contribution in [2.75, 3.05) is 0 Å². The summed E-state index contributed by atoms with van der Waals surface area (Å²) < 4.78 is 1.18. The lowest BCUT2D eigenvalue weighted by Gasteiger charge is -1.82. The van der Waals surface area contributed by atoms with Gasteiger partial charge in [0.25, 0.3) is 0 Å². The predicted octanol–water partition coefficient (Wildman–Crippen LogP) is 3.17. The van der Waals surface area contributed by atoms with E-state index in [2.05, 4.69) is 47.2 Å². The SMILES string of the molecule is CC1=CCC=C(Br)C=C1. The Hall–Kier alpha value is -0.300. The quantitative estimate of drug-likeness (QED) is 0.543. The summed E-state index contributed by atoms with van der Waals surface area (Å²) in [5.74, 6) is 0. The first-order valence-electron chi connectivity index (χ1n) is 2.99. The van der Waals surface area contributed by atoms with Crippen LogP contribution in [0, 0.1) is 0 Å². The first-order valence-corrected chi connectivity index (χ1v) is 3.79. The minimum Gasteiger partial charge on any atom is -0.0778 e. The predicted molar refractivity (Wildman–Crippen MR) is 44.5 cm³/mol. The highest BCUT2D eigenvalue weighted by Crippen LogP contribution is 2.13. The molecular weight excluding hydrogens is 176 g/mol. The second kappa shape index (κ2) is 3.02. The minimum absolute atomic E-state index is 1.04. The van der Waals surface area contributed by atoms with Crippen molar-refractivity contribution in [2.45, 2.75) is 13.3 Å². The number of hydrogen-bond acceptors (Lipinski definition) is 0. The van der Waals surface area contributed by atoms with Gasteiger partial charge in [-0.1, -0.05) is 39.7 Å². The Morgan fingerprint density at radius 1 is 1.33 bits per heavy atom. The fourth-order valence-corrected chi connectivity index (χ4v) is 1.02. The Morgan fingerprint density at radius 2 is 2.11 bits per heavy atom. The molecule has 0 aromatic rings. The van der Waals surface area contributed by atoms with E-state index in [0.29, 0.717) is 0 Å². The molecule has 1 rings (SSSR count). The van der Waals surface area contributed by atoms with Crippen molar-refractivity contribution in [2.24, 2.45) is 0 Å². The topological polar surface area (TPSA) is 0 Å². The van der Waals surface area contributed by atoms with Gasteiger partial charge < -0.3 is 0 Å². The van der Waals surface area contributed by atoms with E-state index in [4.69, 9.17) is 0 Å². The molecule has 0 N–H and O–H groups in total. The third-order valence-electron chi connectivity index (χ3n) is 1.26. The Morgan fingerprint density at radius 3 is 2.89 bits per heavy atom. The normalized spacial score (nSPS) is 18.4. The third kappa shape index (κ3) is 2.19. The van der Waals surface area contributed by atoms with Crippen molar-refractivity contribution in [3.8, 4) is 0 Å². The molecule has 0 aliphatic heterocycles. The van der Waals surface area contributed by atoms with Gasteiger partial charge in [0.1, 0.15) is 0 Å². The fraction of sp³-hybridized carbons (Fsp3) is 0.250. The molecule has 0 aromatic carbocycles. The summed E-state index contributed by atoms with van der Waals surface area (Å²) in [6.07, 6.45) is 9.56. The van der Waals surface area contributed by atoms with Gasteiger partial charge in [-0.3, -0.25) is 0 Å². The second-order valence-corrected chi connectivity index (χ2v) is 3.02. The Bertz CT molecular complexity index is 165. The van der Waals surface area contributed by atoms with Gasteiger partial charge in [-0.15, -0.1) is 0 Å². The average molecular weight is 185 g/mol. The maximum Gasteiger partial charge on any atom is 0.0138 e. The van der Waals surface area contributed by atoms with E-state index >= 15 is 0 Å². The van der Waals surface area contributed by atoms with E-state index in [1.54, 1.807) is 0 Å². The molecule has 9 heavy (non-hydrogen) atoms. The minimum atomic E-state index is 1.04. The highest BCUT2D eigenvalue weighted by atomic mass is 79.9. The standard InChI is InChI=1S/C8H9Br/c1-7-3-2-4-8(9)6-5-7/h3-6H,2H2,1H3. The molecule has 0 radical (unpaired) electrons. The smallest absolute Gasteiger partial charge is 0.0138 e. The van der Waals surface area contributed by atoms with E-state index in [1.165, 1.54) is 10.1 Å². The van der Waals surface area contributed by atoms with Crippen LogP contribution in [0.1, 0.15) is 13.3 Å². The molecule has 1 heteroatoms. The van der Waals surface area contributed by atoms with Crippen molar-refractivity contribution < 1.29 is 0 Å². The van der Waals surface area contributed by atoms with Crippen LogP contribution in [0.25, 0.3) is 0 Å². The maximum atomic E-state index is 3.41. The molecule has 1 aliphatic carbocycles. The van der Waals surface area contributed by atoms with Gasteiger partial charge in [-0.05, 0) is 19.4 Å². The van der Waals surface area contributed by atoms with Crippen LogP contribution >= 0.6 is 15.9 Å². The molecule has 0 spiro atoms. The highest BCUT2D eigenvalue weighted by molar-refractivity contribution is 9.11. The number of halogens is 1. The zero-order valence-corrected chi connectivity index (χ0v) is 6.98. The van der Waals surface area contributed by atoms with Crippen molar-refractivity contribution in [1.82, 2.24) is 0 Å². The summed E-state index contributed by atoms with van der Waals surface area (Å²) in [6.45, 7) is 2.11. The monoisotopic (exact) mass is 184 g/mol. The zero-order chi connectivity index (χ0) is 6.69. The van der Waals surface area contributed by atoms with Gasteiger partial charge in [-0.2, -0.15) is 0 Å². The first-order chi connectivity index (χ1) is 4.29. The highest BCUT2D eigenvalue weighted by Gasteiger charge is 1.88. The molecule has 0 aromatic heterocycles. The molecule has 48 valence electrons. The lowest BCUT2D eigenvalue weighted by molar-refractivity contribution is 1.35. The molecule has 0 amide bonds. The van der Waals surface area contributed by atoms with Crippen LogP contribution in [0.15, 0.2) is 34.4 Å². The van der Waals surface area contributed by atoms with Crippen LogP contribution in [0.2, 0.25) is 0 Å². The largest absolute Gasteiger partial charge is 0.0778 e. The molecule has 0 unspecified atom stereocenters. The summed E-state index contributed by atoms with van der Waals surface area (Å²) in [5.41, 5.74) is 1.33. The first kappa shape index (κ1) is 6.81. The lowest BCUT2D eigenvalue weighted by atomic mass is 10.2. The van der Waals surface area contributed by atoms with E-state index in [0.717, 1.165) is 6.42 Å². The van der Waals surface area contributed by atoms with Crippen molar-refractivity contribution in [3.63, 3.8) is 0 Å². The lowest BCUT2D eigenvalue weighted by Crippen LogP contribution is -1.62. The average Bonchev–Trinajstić information content (AvgIpc) is 1.97. The van der Waals surface area contributed by atoms with Crippen molar-refractivity contribution >= 4 is 15.9 Å². The Labute approximate surface area is 64.1 Å². The molecular formula is C8H9Br. The molecule has 1 aliphatic rings. The maximum absolute atomic E-state index is 3.41. The van der Waals surface area contributed by atoms with Gasteiger partial charge in [-0.25, -0.2) is 0 Å². The molecule has 0 atom stereocenters. The summed E-state index contributed by atoms with van der Waals surface area (Å²) >= 11 is 3.41. The van der Waals surface area contributed by atoms with Gasteiger partial charge in [0.15, 0.2) is 0 Å². The number of hydrogen-bond donors (Lipinski definition) is 0. The van der Waals surface area contributed by atoms with Gasteiger partial charge >= 0.3 is 0 Å². The molecule has 0 nitrogen and oxygen atoms in total. The zero-order valence-electron chi connectivity index (χ0n) is 5.39. The molecule has 0 bridgehead atoms. The fourth-order valence-electron chi connectivity index (χ4n) is 0.705. The van der Waals surface area contributed by atoms with Gasteiger partial charge in [0.2, 0.25) is 0 Å². The molecule has 0 saturated heterocycles. The van der Waals surface area contributed by atoms with Crippen LogP contribution in [-0.4, -0.2) is 0 Å². The van der Waals surface area contributed by atoms with Crippen LogP contribution in [0.3, 0.4) is 0 Å². The van der Waals surface area contributed by atoms with Crippen molar-refractivity contribution in [1.29, 1.82) is 0 Å². The van der Waals surface area contributed by atoms with Gasteiger partial charge in [0.05, 0.1) is 0 Å². The summed E-state index contributed by atoms with van der Waals surface area (Å²) in [4.78, 5) is 0.